The van der Waals surface area contributed by atoms with E-state index in [0.717, 1.165) is 24.8 Å². The van der Waals surface area contributed by atoms with Crippen LogP contribution in [0.5, 0.6) is 17.2 Å². The SMILES string of the molecule is COc1cc(OC)c(OC)c(C2(N=C=O)CCC2)c1. The van der Waals surface area contributed by atoms with Crippen LogP contribution in [0.3, 0.4) is 0 Å². The summed E-state index contributed by atoms with van der Waals surface area (Å²) in [6.07, 6.45) is 4.30. The third-order valence-electron chi connectivity index (χ3n) is 3.63. The van der Waals surface area contributed by atoms with E-state index in [1.807, 2.05) is 6.07 Å². The second-order valence-electron chi connectivity index (χ2n) is 4.50. The smallest absolute Gasteiger partial charge is 0.235 e. The summed E-state index contributed by atoms with van der Waals surface area (Å²) in [6.45, 7) is 0. The van der Waals surface area contributed by atoms with E-state index < -0.39 is 5.54 Å². The van der Waals surface area contributed by atoms with Crippen molar-refractivity contribution in [1.82, 2.24) is 0 Å². The van der Waals surface area contributed by atoms with Crippen molar-refractivity contribution in [2.24, 2.45) is 4.99 Å². The van der Waals surface area contributed by atoms with Crippen LogP contribution in [0.1, 0.15) is 24.8 Å². The summed E-state index contributed by atoms with van der Waals surface area (Å²) >= 11 is 0. The van der Waals surface area contributed by atoms with Crippen LogP contribution in [-0.2, 0) is 10.3 Å². The lowest BCUT2D eigenvalue weighted by Crippen LogP contribution is -2.32. The Hall–Kier alpha value is -2.00. The highest BCUT2D eigenvalue weighted by Gasteiger charge is 2.42. The van der Waals surface area contributed by atoms with Crippen LogP contribution in [0, 0.1) is 0 Å². The molecule has 0 aromatic heterocycles. The summed E-state index contributed by atoms with van der Waals surface area (Å²) in [6, 6.07) is 3.60. The van der Waals surface area contributed by atoms with E-state index in [2.05, 4.69) is 4.99 Å². The first-order chi connectivity index (χ1) is 9.20. The number of hydrogen-bond donors (Lipinski definition) is 0. The maximum Gasteiger partial charge on any atom is 0.235 e. The molecule has 102 valence electrons. The molecule has 0 bridgehead atoms. The van der Waals surface area contributed by atoms with Crippen molar-refractivity contribution in [3.05, 3.63) is 17.7 Å². The molecule has 0 aliphatic heterocycles. The van der Waals surface area contributed by atoms with Gasteiger partial charge in [-0.15, -0.1) is 0 Å². The lowest BCUT2D eigenvalue weighted by atomic mass is 9.72. The minimum absolute atomic E-state index is 0.547. The summed E-state index contributed by atoms with van der Waals surface area (Å²) in [5.41, 5.74) is 0.273. The molecule has 0 N–H and O–H groups in total. The number of isocyanates is 1. The molecule has 0 spiro atoms. The summed E-state index contributed by atoms with van der Waals surface area (Å²) in [5.74, 6) is 1.83. The van der Waals surface area contributed by atoms with Crippen molar-refractivity contribution in [2.45, 2.75) is 24.8 Å². The summed E-state index contributed by atoms with van der Waals surface area (Å²) < 4.78 is 16.0. The van der Waals surface area contributed by atoms with Crippen LogP contribution in [0.4, 0.5) is 0 Å². The lowest BCUT2D eigenvalue weighted by Gasteiger charge is -2.38. The van der Waals surface area contributed by atoms with Gasteiger partial charge in [-0.1, -0.05) is 0 Å². The molecule has 0 atom stereocenters. The van der Waals surface area contributed by atoms with Crippen LogP contribution in [0.2, 0.25) is 0 Å². The highest BCUT2D eigenvalue weighted by molar-refractivity contribution is 5.56. The predicted molar refractivity (Wildman–Crippen MR) is 69.7 cm³/mol. The van der Waals surface area contributed by atoms with Gasteiger partial charge in [0.1, 0.15) is 11.3 Å². The van der Waals surface area contributed by atoms with Gasteiger partial charge in [-0.3, -0.25) is 0 Å². The molecule has 1 saturated carbocycles. The van der Waals surface area contributed by atoms with Crippen LogP contribution >= 0.6 is 0 Å². The van der Waals surface area contributed by atoms with Gasteiger partial charge in [0.15, 0.2) is 11.5 Å². The van der Waals surface area contributed by atoms with Crippen molar-refractivity contribution in [3.8, 4) is 17.2 Å². The number of aliphatic imine (C=N–C) groups is 1. The molecule has 1 aliphatic carbocycles. The van der Waals surface area contributed by atoms with E-state index in [9.17, 15) is 4.79 Å². The highest BCUT2D eigenvalue weighted by Crippen LogP contribution is 2.51. The van der Waals surface area contributed by atoms with Crippen molar-refractivity contribution in [3.63, 3.8) is 0 Å². The molecule has 0 radical (unpaired) electrons. The van der Waals surface area contributed by atoms with E-state index in [4.69, 9.17) is 14.2 Å². The zero-order valence-electron chi connectivity index (χ0n) is 11.4. The van der Waals surface area contributed by atoms with E-state index in [-0.39, 0.29) is 0 Å². The Balaban J connectivity index is 2.62. The average molecular weight is 263 g/mol. The molecule has 0 heterocycles. The molecule has 5 heteroatoms. The fourth-order valence-corrected chi connectivity index (χ4v) is 2.44. The fraction of sp³-hybridized carbons (Fsp3) is 0.500. The minimum Gasteiger partial charge on any atom is -0.497 e. The largest absolute Gasteiger partial charge is 0.497 e. The Kier molecular flexibility index (Phi) is 3.76. The van der Waals surface area contributed by atoms with Gasteiger partial charge in [0.05, 0.1) is 21.3 Å². The van der Waals surface area contributed by atoms with Gasteiger partial charge in [-0.25, -0.2) is 4.79 Å². The van der Waals surface area contributed by atoms with E-state index >= 15 is 0 Å². The predicted octanol–water partition coefficient (Wildman–Crippen LogP) is 2.43. The molecule has 2 rings (SSSR count). The number of carbonyl (C=O) groups excluding carboxylic acids is 1. The second-order valence-corrected chi connectivity index (χ2v) is 4.50. The van der Waals surface area contributed by atoms with Crippen LogP contribution in [0.15, 0.2) is 17.1 Å². The Morgan fingerprint density at radius 1 is 1.16 bits per heavy atom. The fourth-order valence-electron chi connectivity index (χ4n) is 2.44. The standard InChI is InChI=1S/C14H17NO4/c1-17-10-7-11(13(19-3)12(8-10)18-2)14(15-9-16)5-4-6-14/h7-8H,4-6H2,1-3H3. The minimum atomic E-state index is -0.547. The summed E-state index contributed by atoms with van der Waals surface area (Å²) in [7, 11) is 4.73. The first kappa shape index (κ1) is 13.4. The number of benzene rings is 1. The van der Waals surface area contributed by atoms with E-state index in [0.29, 0.717) is 17.2 Å². The number of ether oxygens (including phenoxy) is 3. The van der Waals surface area contributed by atoms with Gasteiger partial charge in [-0.05, 0) is 25.3 Å². The molecule has 0 saturated heterocycles. The Morgan fingerprint density at radius 3 is 2.32 bits per heavy atom. The highest BCUT2D eigenvalue weighted by atomic mass is 16.5. The Bertz CT molecular complexity index is 516. The molecular formula is C14H17NO4. The van der Waals surface area contributed by atoms with Crippen molar-refractivity contribution in [2.75, 3.05) is 21.3 Å². The van der Waals surface area contributed by atoms with Crippen molar-refractivity contribution < 1.29 is 19.0 Å². The molecule has 1 fully saturated rings. The Labute approximate surface area is 112 Å². The number of hydrogen-bond acceptors (Lipinski definition) is 5. The van der Waals surface area contributed by atoms with Crippen LogP contribution < -0.4 is 14.2 Å². The zero-order chi connectivity index (χ0) is 13.9. The number of methoxy groups -OCH3 is 3. The molecule has 1 aromatic carbocycles. The first-order valence-corrected chi connectivity index (χ1v) is 6.10. The lowest BCUT2D eigenvalue weighted by molar-refractivity contribution is 0.241. The third-order valence-corrected chi connectivity index (χ3v) is 3.63. The number of nitrogens with zero attached hydrogens (tertiary/aromatic N) is 1. The maximum absolute atomic E-state index is 10.7. The van der Waals surface area contributed by atoms with Crippen molar-refractivity contribution >= 4 is 6.08 Å². The van der Waals surface area contributed by atoms with E-state index in [1.54, 1.807) is 33.5 Å². The average Bonchev–Trinajstić information content (AvgIpc) is 2.41. The monoisotopic (exact) mass is 263 g/mol. The van der Waals surface area contributed by atoms with E-state index in [1.165, 1.54) is 0 Å². The second kappa shape index (κ2) is 5.33. The summed E-state index contributed by atoms with van der Waals surface area (Å²) in [5, 5.41) is 0. The van der Waals surface area contributed by atoms with Crippen molar-refractivity contribution in [1.29, 1.82) is 0 Å². The van der Waals surface area contributed by atoms with Gasteiger partial charge < -0.3 is 14.2 Å². The first-order valence-electron chi connectivity index (χ1n) is 6.10. The molecule has 19 heavy (non-hydrogen) atoms. The molecule has 0 amide bonds. The van der Waals surface area contributed by atoms with Crippen LogP contribution in [0.25, 0.3) is 0 Å². The number of rotatable bonds is 5. The zero-order valence-corrected chi connectivity index (χ0v) is 11.4. The van der Waals surface area contributed by atoms with Gasteiger partial charge >= 0.3 is 0 Å². The molecule has 0 unspecified atom stereocenters. The molecule has 5 nitrogen and oxygen atoms in total. The molecular weight excluding hydrogens is 246 g/mol. The maximum atomic E-state index is 10.7. The molecule has 1 aliphatic rings. The summed E-state index contributed by atoms with van der Waals surface area (Å²) in [4.78, 5) is 14.7. The van der Waals surface area contributed by atoms with Crippen LogP contribution in [-0.4, -0.2) is 27.4 Å². The van der Waals surface area contributed by atoms with Gasteiger partial charge in [-0.2, -0.15) is 4.99 Å². The van der Waals surface area contributed by atoms with Gasteiger partial charge in [0, 0.05) is 11.6 Å². The van der Waals surface area contributed by atoms with Gasteiger partial charge in [0.25, 0.3) is 0 Å². The normalized spacial score (nSPS) is 15.9. The molecule has 1 aromatic rings. The quantitative estimate of drug-likeness (QED) is 0.604. The van der Waals surface area contributed by atoms with Gasteiger partial charge in [0.2, 0.25) is 6.08 Å². The Morgan fingerprint density at radius 2 is 1.89 bits per heavy atom. The third kappa shape index (κ3) is 2.17. The topological polar surface area (TPSA) is 57.1 Å².